The number of carbonyl (C=O) groups excluding carboxylic acids is 1. The Hall–Kier alpha value is -1.75. The van der Waals surface area contributed by atoms with E-state index in [1.54, 1.807) is 12.1 Å². The maximum absolute atomic E-state index is 13.7. The van der Waals surface area contributed by atoms with Crippen molar-refractivity contribution in [1.29, 1.82) is 0 Å². The molecule has 0 aromatic heterocycles. The van der Waals surface area contributed by atoms with Crippen LogP contribution in [0.4, 0.5) is 4.79 Å². The van der Waals surface area contributed by atoms with Gasteiger partial charge in [0.15, 0.2) is 0 Å². The summed E-state index contributed by atoms with van der Waals surface area (Å²) in [7, 11) is 0. The minimum Gasteiger partial charge on any atom is -0.428 e. The number of para-hydroxylation sites is 1. The van der Waals surface area contributed by atoms with Gasteiger partial charge in [-0.3, -0.25) is 0 Å². The van der Waals surface area contributed by atoms with Crippen LogP contribution in [0.15, 0.2) is 30.3 Å². The van der Waals surface area contributed by atoms with Crippen LogP contribution in [0.1, 0.15) is 112 Å². The Morgan fingerprint density at radius 1 is 0.720 bits per heavy atom. The van der Waals surface area contributed by atoms with E-state index in [1.165, 1.54) is 6.42 Å². The fraction of sp³-hybridized carbons (Fsp3) is 0.829. The van der Waals surface area contributed by atoms with Crippen LogP contribution in [-0.4, -0.2) is 59.1 Å². The molecule has 6 saturated heterocycles. The number of fused-ring (bicyclic) bond motifs is 4. The van der Waals surface area contributed by atoms with Crippen LogP contribution in [0, 0.1) is 47.3 Å². The molecule has 10 fully saturated rings. The van der Waals surface area contributed by atoms with Crippen LogP contribution in [-0.2, 0) is 33.8 Å². The molecule has 9 nitrogen and oxygen atoms in total. The molecule has 4 aliphatic carbocycles. The first kappa shape index (κ1) is 34.0. The Morgan fingerprint density at radius 2 is 1.28 bits per heavy atom. The second-order valence-electron chi connectivity index (χ2n) is 18.5. The van der Waals surface area contributed by atoms with Crippen LogP contribution >= 0.6 is 0 Å². The van der Waals surface area contributed by atoms with Crippen molar-refractivity contribution >= 4 is 6.16 Å². The van der Waals surface area contributed by atoms with Gasteiger partial charge in [0.1, 0.15) is 34.3 Å². The summed E-state index contributed by atoms with van der Waals surface area (Å²) in [5.74, 6) is 3.09. The minimum absolute atomic E-state index is 0.0662. The minimum atomic E-state index is -0.703. The quantitative estimate of drug-likeness (QED) is 0.171. The second-order valence-corrected chi connectivity index (χ2v) is 18.5. The van der Waals surface area contributed by atoms with Crippen LogP contribution in [0.25, 0.3) is 0 Å². The summed E-state index contributed by atoms with van der Waals surface area (Å²) in [4.78, 5) is 39.4. The largest absolute Gasteiger partial charge is 0.514 e. The van der Waals surface area contributed by atoms with Gasteiger partial charge in [0.2, 0.25) is 0 Å². The van der Waals surface area contributed by atoms with Gasteiger partial charge in [-0.25, -0.2) is 24.3 Å². The summed E-state index contributed by atoms with van der Waals surface area (Å²) in [6.07, 6.45) is 8.72. The maximum atomic E-state index is 13.7. The van der Waals surface area contributed by atoms with Gasteiger partial charge in [-0.1, -0.05) is 45.9 Å². The number of hydrogen-bond acceptors (Lipinski definition) is 9. The number of rotatable bonds is 5. The van der Waals surface area contributed by atoms with E-state index in [-0.39, 0.29) is 47.8 Å². The van der Waals surface area contributed by atoms with Crippen molar-refractivity contribution < 1.29 is 43.3 Å². The van der Waals surface area contributed by atoms with Gasteiger partial charge < -0.3 is 18.9 Å². The van der Waals surface area contributed by atoms with Gasteiger partial charge in [0, 0.05) is 19.3 Å². The summed E-state index contributed by atoms with van der Waals surface area (Å²) in [6.45, 7) is 13.7. The molecule has 1 unspecified atom stereocenters. The normalized spacial score (nSPS) is 52.5. The van der Waals surface area contributed by atoms with Gasteiger partial charge in [-0.05, 0) is 125 Å². The van der Waals surface area contributed by atoms with Gasteiger partial charge in [0.05, 0.1) is 24.4 Å². The molecule has 4 saturated carbocycles. The topological polar surface area (TPSA) is 90.9 Å². The number of carbonyl (C=O) groups is 1. The maximum Gasteiger partial charge on any atom is 0.514 e. The Morgan fingerprint density at radius 3 is 1.88 bits per heavy atom. The van der Waals surface area contributed by atoms with Crippen molar-refractivity contribution in [2.45, 2.75) is 165 Å². The Kier molecular flexibility index (Phi) is 8.27. The zero-order chi connectivity index (χ0) is 34.6. The molecule has 6 heterocycles. The highest BCUT2D eigenvalue weighted by atomic mass is 17.2. The molecule has 11 rings (SSSR count). The van der Waals surface area contributed by atoms with E-state index in [4.69, 9.17) is 38.5 Å². The smallest absolute Gasteiger partial charge is 0.428 e. The number of hydrogen-bond donors (Lipinski definition) is 0. The third-order valence-electron chi connectivity index (χ3n) is 15.6. The predicted octanol–water partition coefficient (Wildman–Crippen LogP) is 8.38. The van der Waals surface area contributed by atoms with E-state index in [1.807, 2.05) is 18.2 Å². The molecular weight excluding hydrogens is 636 g/mol. The van der Waals surface area contributed by atoms with E-state index in [0.29, 0.717) is 41.8 Å². The summed E-state index contributed by atoms with van der Waals surface area (Å²) in [6, 6.07) is 9.17. The molecule has 4 bridgehead atoms. The van der Waals surface area contributed by atoms with Crippen molar-refractivity contribution in [3.8, 4) is 5.75 Å². The fourth-order valence-corrected chi connectivity index (χ4v) is 12.9. The average molecular weight is 695 g/mol. The van der Waals surface area contributed by atoms with Crippen LogP contribution < -0.4 is 4.74 Å². The van der Waals surface area contributed by atoms with Crippen molar-refractivity contribution in [3.05, 3.63) is 30.3 Å². The molecule has 0 amide bonds. The summed E-state index contributed by atoms with van der Waals surface area (Å²) >= 11 is 0. The third-order valence-corrected chi connectivity index (χ3v) is 15.6. The first-order valence-corrected chi connectivity index (χ1v) is 19.9. The Bertz CT molecular complexity index is 1440. The zero-order valence-corrected chi connectivity index (χ0v) is 30.8. The van der Waals surface area contributed by atoms with E-state index >= 15 is 0 Å². The molecule has 276 valence electrons. The molecule has 1 aromatic rings. The van der Waals surface area contributed by atoms with E-state index in [0.717, 1.165) is 57.8 Å². The molecule has 0 radical (unpaired) electrons. The predicted molar refractivity (Wildman–Crippen MR) is 183 cm³/mol. The molecule has 50 heavy (non-hydrogen) atoms. The van der Waals surface area contributed by atoms with Crippen molar-refractivity contribution in [3.63, 3.8) is 0 Å². The third kappa shape index (κ3) is 5.10. The number of ether oxygens (including phenoxy) is 4. The summed E-state index contributed by atoms with van der Waals surface area (Å²) < 4.78 is 26.8. The van der Waals surface area contributed by atoms with Crippen LogP contribution in [0.3, 0.4) is 0 Å². The lowest BCUT2D eigenvalue weighted by Crippen LogP contribution is -2.71. The lowest BCUT2D eigenvalue weighted by Gasteiger charge is -2.62. The monoisotopic (exact) mass is 694 g/mol. The van der Waals surface area contributed by atoms with Crippen molar-refractivity contribution in [2.75, 3.05) is 0 Å². The molecule has 0 N–H and O–H groups in total. The molecule has 6 aliphatic heterocycles. The van der Waals surface area contributed by atoms with Crippen molar-refractivity contribution in [1.82, 2.24) is 0 Å². The Labute approximate surface area is 297 Å². The number of benzene rings is 1. The first-order valence-electron chi connectivity index (χ1n) is 19.9. The summed E-state index contributed by atoms with van der Waals surface area (Å²) in [5.41, 5.74) is -1.68. The molecule has 10 aliphatic rings. The zero-order valence-electron chi connectivity index (χ0n) is 30.8. The van der Waals surface area contributed by atoms with Gasteiger partial charge in [0.25, 0.3) is 0 Å². The summed E-state index contributed by atoms with van der Waals surface area (Å²) in [5, 5.41) is 0. The highest BCUT2D eigenvalue weighted by molar-refractivity contribution is 5.64. The van der Waals surface area contributed by atoms with Crippen molar-refractivity contribution in [2.24, 2.45) is 47.3 Å². The Balaban J connectivity index is 1.05. The lowest BCUT2D eigenvalue weighted by atomic mass is 9.55. The molecule has 2 spiro atoms. The van der Waals surface area contributed by atoms with Gasteiger partial charge in [-0.2, -0.15) is 0 Å². The van der Waals surface area contributed by atoms with E-state index in [9.17, 15) is 4.79 Å². The van der Waals surface area contributed by atoms with E-state index < -0.39 is 29.1 Å². The SMILES string of the molecule is C[C@H]1[C@@H](C[C@H](OC(=O)Oc2ccccc2)C2O[C@@H]3C[C@@]4(C)CC[C@H]5[C@H](C)CC[C@@H]([C@H]2C)[C@@]35OO4)O[C@@H]2C[C@@]3(C)CC[C@H]4[C@H](C)CC[C@@H]1[C@@]24OO3. The fourth-order valence-electron chi connectivity index (χ4n) is 12.9. The van der Waals surface area contributed by atoms with Crippen LogP contribution in [0.2, 0.25) is 0 Å². The average Bonchev–Trinajstić information content (AvgIpc) is 3.46. The van der Waals surface area contributed by atoms with E-state index in [2.05, 4.69) is 41.5 Å². The molecular formula is C41H58O9. The molecule has 1 aromatic carbocycles. The molecule has 17 atom stereocenters. The van der Waals surface area contributed by atoms with Gasteiger partial charge >= 0.3 is 6.16 Å². The second kappa shape index (κ2) is 12.1. The molecule has 9 heteroatoms. The standard InChI is InChI=1S/C41H58O9/c1-23-12-14-30-25(3)32(44-34-21-38(5)18-16-28(23)40(30,34)49-47-38)20-33(45-37(42)43-27-10-8-7-9-11-27)36-26(4)31-15-13-24(2)29-17-19-39(6)22-35(46-36)41(29,31)50-48-39/h7-11,23-26,28-36H,12-22H2,1-6H3/t23-,24-,25-,26-,28+,29+,30+,31+,32-,33+,34-,35-,36?,38-,39-,40-,41-/m1/s1. The van der Waals surface area contributed by atoms with Gasteiger partial charge in [-0.15, -0.1) is 0 Å². The highest BCUT2D eigenvalue weighted by Crippen LogP contribution is 2.64. The lowest BCUT2D eigenvalue weighted by molar-refractivity contribution is -0.491. The highest BCUT2D eigenvalue weighted by Gasteiger charge is 2.70. The first-order chi connectivity index (χ1) is 23.9. The van der Waals surface area contributed by atoms with Crippen LogP contribution in [0.5, 0.6) is 5.75 Å².